The summed E-state index contributed by atoms with van der Waals surface area (Å²) in [6.07, 6.45) is 1.21. The summed E-state index contributed by atoms with van der Waals surface area (Å²) in [5.74, 6) is 5.38. The Balaban J connectivity index is 2.84. The van der Waals surface area contributed by atoms with Crippen LogP contribution in [0.3, 0.4) is 0 Å². The van der Waals surface area contributed by atoms with Gasteiger partial charge in [0.2, 0.25) is 0 Å². The fourth-order valence-electron chi connectivity index (χ4n) is 0.517. The third-order valence-electron chi connectivity index (χ3n) is 0.936. The van der Waals surface area contributed by atoms with Crippen LogP contribution in [0.1, 0.15) is 5.01 Å². The lowest BCUT2D eigenvalue weighted by molar-refractivity contribution is -0.380. The van der Waals surface area contributed by atoms with Crippen molar-refractivity contribution < 1.29 is 4.92 Å². The topological polar surface area (TPSA) is 56.0 Å². The van der Waals surface area contributed by atoms with Crippen molar-refractivity contribution in [3.63, 3.8) is 0 Å². The first-order valence-corrected chi connectivity index (χ1v) is 4.83. The van der Waals surface area contributed by atoms with Crippen molar-refractivity contribution in [1.82, 2.24) is 4.98 Å². The molecule has 6 heteroatoms. The molecule has 0 unspecified atom stereocenters. The molecule has 0 atom stereocenters. The van der Waals surface area contributed by atoms with Crippen LogP contribution in [0.5, 0.6) is 0 Å². The second kappa shape index (κ2) is 4.18. The van der Waals surface area contributed by atoms with Gasteiger partial charge in [0.15, 0.2) is 5.01 Å². The summed E-state index contributed by atoms with van der Waals surface area (Å²) in [5, 5.41) is 11.2. The molecule has 62 valence electrons. The first kappa shape index (κ1) is 9.16. The van der Waals surface area contributed by atoms with Crippen LogP contribution in [0.2, 0.25) is 0 Å². The Bertz CT molecular complexity index is 352. The molecule has 0 aliphatic heterocycles. The van der Waals surface area contributed by atoms with Gasteiger partial charge in [0.05, 0.1) is 10.3 Å². The summed E-state index contributed by atoms with van der Waals surface area (Å²) in [7, 11) is 0. The van der Waals surface area contributed by atoms with E-state index in [0.29, 0.717) is 10.3 Å². The first-order chi connectivity index (χ1) is 5.74. The zero-order chi connectivity index (χ0) is 8.97. The van der Waals surface area contributed by atoms with Crippen LogP contribution in [0, 0.1) is 22.0 Å². The summed E-state index contributed by atoms with van der Waals surface area (Å²) in [5.41, 5.74) is 0. The summed E-state index contributed by atoms with van der Waals surface area (Å²) < 4.78 is 0. The van der Waals surface area contributed by atoms with Crippen molar-refractivity contribution in [3.8, 4) is 11.8 Å². The Morgan fingerprint density at radius 1 is 1.83 bits per heavy atom. The van der Waals surface area contributed by atoms with E-state index < -0.39 is 4.92 Å². The van der Waals surface area contributed by atoms with E-state index in [1.54, 1.807) is 0 Å². The van der Waals surface area contributed by atoms with Crippen LogP contribution in [0.4, 0.5) is 5.00 Å². The molecule has 0 spiro atoms. The van der Waals surface area contributed by atoms with Gasteiger partial charge in [-0.1, -0.05) is 21.9 Å². The molecule has 0 aromatic carbocycles. The number of rotatable bonds is 1. The molecule has 0 aliphatic rings. The van der Waals surface area contributed by atoms with Crippen molar-refractivity contribution in [1.29, 1.82) is 0 Å². The molecule has 4 nitrogen and oxygen atoms in total. The molecule has 1 heterocycles. The van der Waals surface area contributed by atoms with E-state index >= 15 is 0 Å². The Morgan fingerprint density at radius 3 is 3.08 bits per heavy atom. The van der Waals surface area contributed by atoms with Crippen molar-refractivity contribution >= 4 is 32.3 Å². The predicted octanol–water partition coefficient (Wildman–Crippen LogP) is 1.80. The molecule has 1 aromatic rings. The standard InChI is InChI=1S/C6H3BrN2O2S/c7-3-1-2-5-8-4-6(12-5)9(10)11/h4H,3H2. The van der Waals surface area contributed by atoms with E-state index in [9.17, 15) is 10.1 Å². The molecule has 1 rings (SSSR count). The number of halogens is 1. The van der Waals surface area contributed by atoms with Crippen molar-refractivity contribution in [2.45, 2.75) is 0 Å². The number of hydrogen-bond acceptors (Lipinski definition) is 4. The van der Waals surface area contributed by atoms with Crippen LogP contribution in [-0.2, 0) is 0 Å². The maximum absolute atomic E-state index is 10.2. The monoisotopic (exact) mass is 246 g/mol. The van der Waals surface area contributed by atoms with E-state index in [2.05, 4.69) is 32.8 Å². The number of nitro groups is 1. The fourth-order valence-corrected chi connectivity index (χ4v) is 1.26. The van der Waals surface area contributed by atoms with Gasteiger partial charge in [-0.05, 0) is 17.3 Å². The minimum Gasteiger partial charge on any atom is -0.257 e. The molecular formula is C6H3BrN2O2S. The van der Waals surface area contributed by atoms with Gasteiger partial charge in [-0.3, -0.25) is 10.1 Å². The number of aromatic nitrogens is 1. The van der Waals surface area contributed by atoms with Gasteiger partial charge < -0.3 is 0 Å². The molecule has 0 fully saturated rings. The highest BCUT2D eigenvalue weighted by Gasteiger charge is 2.08. The molecule has 0 N–H and O–H groups in total. The molecule has 0 amide bonds. The molecular weight excluding hydrogens is 244 g/mol. The van der Waals surface area contributed by atoms with Gasteiger partial charge in [0, 0.05) is 0 Å². The van der Waals surface area contributed by atoms with Gasteiger partial charge in [0.1, 0.15) is 6.20 Å². The Morgan fingerprint density at radius 2 is 2.58 bits per heavy atom. The van der Waals surface area contributed by atoms with E-state index in [-0.39, 0.29) is 5.00 Å². The van der Waals surface area contributed by atoms with Crippen LogP contribution in [0.15, 0.2) is 6.20 Å². The van der Waals surface area contributed by atoms with Crippen LogP contribution in [-0.4, -0.2) is 15.2 Å². The lowest BCUT2D eigenvalue weighted by Crippen LogP contribution is -1.80. The Hall–Kier alpha value is -0.930. The van der Waals surface area contributed by atoms with Crippen molar-refractivity contribution in [2.75, 3.05) is 5.33 Å². The highest BCUT2D eigenvalue weighted by atomic mass is 79.9. The highest BCUT2D eigenvalue weighted by molar-refractivity contribution is 9.09. The lowest BCUT2D eigenvalue weighted by Gasteiger charge is -1.76. The van der Waals surface area contributed by atoms with Gasteiger partial charge in [-0.15, -0.1) is 0 Å². The van der Waals surface area contributed by atoms with Crippen LogP contribution < -0.4 is 0 Å². The first-order valence-electron chi connectivity index (χ1n) is 2.89. The summed E-state index contributed by atoms with van der Waals surface area (Å²) >= 11 is 4.09. The third-order valence-corrected chi connectivity index (χ3v) is 2.08. The summed E-state index contributed by atoms with van der Waals surface area (Å²) in [6.45, 7) is 0. The smallest absolute Gasteiger partial charge is 0.257 e. The molecule has 0 aliphatic carbocycles. The number of nitrogens with zero attached hydrogens (tertiary/aromatic N) is 2. The molecule has 0 bridgehead atoms. The minimum absolute atomic E-state index is 0.0221. The average molecular weight is 247 g/mol. The van der Waals surface area contributed by atoms with Crippen LogP contribution >= 0.6 is 27.3 Å². The third kappa shape index (κ3) is 2.29. The minimum atomic E-state index is -0.475. The maximum atomic E-state index is 10.2. The molecule has 1 aromatic heterocycles. The van der Waals surface area contributed by atoms with Gasteiger partial charge in [-0.25, -0.2) is 4.98 Å². The quantitative estimate of drug-likeness (QED) is 0.329. The Labute approximate surface area is 80.9 Å². The van der Waals surface area contributed by atoms with E-state index in [0.717, 1.165) is 11.3 Å². The maximum Gasteiger partial charge on any atom is 0.344 e. The van der Waals surface area contributed by atoms with Gasteiger partial charge >= 0.3 is 5.00 Å². The van der Waals surface area contributed by atoms with E-state index in [4.69, 9.17) is 0 Å². The highest BCUT2D eigenvalue weighted by Crippen LogP contribution is 2.19. The largest absolute Gasteiger partial charge is 0.344 e. The molecule has 12 heavy (non-hydrogen) atoms. The van der Waals surface area contributed by atoms with Gasteiger partial charge in [-0.2, -0.15) is 0 Å². The summed E-state index contributed by atoms with van der Waals surface area (Å²) in [6, 6.07) is 0. The zero-order valence-electron chi connectivity index (χ0n) is 5.78. The summed E-state index contributed by atoms with van der Waals surface area (Å²) in [4.78, 5) is 13.5. The molecule has 0 saturated heterocycles. The second-order valence-electron chi connectivity index (χ2n) is 1.70. The van der Waals surface area contributed by atoms with Crippen molar-refractivity contribution in [3.05, 3.63) is 21.3 Å². The zero-order valence-corrected chi connectivity index (χ0v) is 8.18. The number of thiazole rings is 1. The predicted molar refractivity (Wildman–Crippen MR) is 49.4 cm³/mol. The fraction of sp³-hybridized carbons (Fsp3) is 0.167. The van der Waals surface area contributed by atoms with E-state index in [1.165, 1.54) is 6.20 Å². The SMILES string of the molecule is O=[N+]([O-])c1cnc(C#CCBr)s1. The normalized spacial score (nSPS) is 8.75. The molecule has 0 radical (unpaired) electrons. The second-order valence-corrected chi connectivity index (χ2v) is 3.27. The lowest BCUT2D eigenvalue weighted by atomic mass is 10.6. The number of alkyl halides is 1. The Kier molecular flexibility index (Phi) is 3.19. The van der Waals surface area contributed by atoms with Gasteiger partial charge in [0.25, 0.3) is 0 Å². The van der Waals surface area contributed by atoms with E-state index in [1.807, 2.05) is 0 Å². The van der Waals surface area contributed by atoms with Crippen molar-refractivity contribution in [2.24, 2.45) is 0 Å². The molecule has 0 saturated carbocycles. The average Bonchev–Trinajstić information content (AvgIpc) is 2.48. The number of hydrogen-bond donors (Lipinski definition) is 0. The van der Waals surface area contributed by atoms with Crippen LogP contribution in [0.25, 0.3) is 0 Å².